The first-order valence-electron chi connectivity index (χ1n) is 14.0. The Hall–Kier alpha value is -2.11. The quantitative estimate of drug-likeness (QED) is 0.241. The van der Waals surface area contributed by atoms with E-state index in [1.807, 2.05) is 50.2 Å². The van der Waals surface area contributed by atoms with Crippen molar-refractivity contribution in [2.24, 2.45) is 0 Å². The van der Waals surface area contributed by atoms with Gasteiger partial charge in [-0.2, -0.15) is 0 Å². The van der Waals surface area contributed by atoms with E-state index in [4.69, 9.17) is 9.16 Å². The molecule has 2 aromatic rings. The molecule has 1 aliphatic carbocycles. The van der Waals surface area contributed by atoms with Crippen molar-refractivity contribution in [3.8, 4) is 0 Å². The summed E-state index contributed by atoms with van der Waals surface area (Å²) in [7, 11) is -6.06. The Labute approximate surface area is 234 Å². The van der Waals surface area contributed by atoms with E-state index in [9.17, 15) is 4.79 Å². The molecule has 0 N–H and O–H groups in total. The molecule has 0 radical (unpaired) electrons. The van der Waals surface area contributed by atoms with Crippen molar-refractivity contribution in [2.75, 3.05) is 0 Å². The van der Waals surface area contributed by atoms with Gasteiger partial charge in [0.15, 0.2) is 18.5 Å². The van der Waals surface area contributed by atoms with Gasteiger partial charge in [0.1, 0.15) is 5.83 Å². The molecule has 2 atom stereocenters. The van der Waals surface area contributed by atoms with E-state index in [1.54, 1.807) is 24.3 Å². The normalized spacial score (nSPS) is 23.6. The third-order valence-electron chi connectivity index (χ3n) is 8.67. The molecule has 0 bridgehead atoms. The van der Waals surface area contributed by atoms with E-state index in [0.29, 0.717) is 27.2 Å². The maximum Gasteiger partial charge on any atom is 0.200 e. The van der Waals surface area contributed by atoms with Crippen LogP contribution in [0.25, 0.3) is 0 Å². The molecule has 0 aromatic heterocycles. The van der Waals surface area contributed by atoms with Crippen molar-refractivity contribution >= 4 is 31.9 Å². The van der Waals surface area contributed by atoms with Gasteiger partial charge in [0.05, 0.1) is 11.7 Å². The number of hydrogen-bond donors (Lipinski definition) is 0. The monoisotopic (exact) mass is 568 g/mol. The summed E-state index contributed by atoms with van der Waals surface area (Å²) in [5, 5.41) is 1.25. The smallest absolute Gasteiger partial charge is 0.200 e. The number of rotatable bonds is 8. The highest BCUT2D eigenvalue weighted by atomic mass is 31.2. The Morgan fingerprint density at radius 2 is 1.33 bits per heavy atom. The fraction of sp³-hybridized carbons (Fsp3) is 0.469. The second kappa shape index (κ2) is 10.7. The summed E-state index contributed by atoms with van der Waals surface area (Å²) < 4.78 is 45.7. The number of carbonyl (C=O) groups is 1. The Kier molecular flexibility index (Phi) is 8.19. The molecule has 1 aliphatic heterocycles. The standard InChI is InChI=1S/C32H42FO4PSi/c1-22(2)39(23(3)4,24(5)6)36-29-21-32(37-31(29,7)8)28(33)19-25(34)20-30(32)38(35,26-15-11-9-12-16-26)27-17-13-10-14-18-27/h9-20,22-24,29H,21H2,1-8H3/t29-,32-/m1/s1. The Balaban J connectivity index is 1.92. The lowest BCUT2D eigenvalue weighted by atomic mass is 9.90. The van der Waals surface area contributed by atoms with Crippen LogP contribution in [0.3, 0.4) is 0 Å². The number of allylic oxidation sites excluding steroid dienone is 2. The third-order valence-corrected chi connectivity index (χ3v) is 18.0. The molecular formula is C32H42FO4PSi. The predicted molar refractivity (Wildman–Crippen MR) is 160 cm³/mol. The number of halogens is 1. The minimum atomic E-state index is -3.69. The van der Waals surface area contributed by atoms with Crippen molar-refractivity contribution in [3.05, 3.63) is 84.0 Å². The summed E-state index contributed by atoms with van der Waals surface area (Å²) in [6.45, 7) is 17.1. The fourth-order valence-electron chi connectivity index (χ4n) is 6.91. The molecule has 4 nitrogen and oxygen atoms in total. The molecule has 0 amide bonds. The zero-order valence-electron chi connectivity index (χ0n) is 24.4. The van der Waals surface area contributed by atoms with Crippen LogP contribution in [0.5, 0.6) is 0 Å². The van der Waals surface area contributed by atoms with Gasteiger partial charge in [-0.15, -0.1) is 0 Å². The van der Waals surface area contributed by atoms with Crippen molar-refractivity contribution < 1.29 is 22.9 Å². The molecule has 1 fully saturated rings. The van der Waals surface area contributed by atoms with Gasteiger partial charge in [-0.1, -0.05) is 102 Å². The Morgan fingerprint density at radius 3 is 1.77 bits per heavy atom. The van der Waals surface area contributed by atoms with Gasteiger partial charge in [0.25, 0.3) is 0 Å². The molecule has 7 heteroatoms. The molecule has 0 saturated carbocycles. The van der Waals surface area contributed by atoms with E-state index >= 15 is 8.96 Å². The maximum absolute atomic E-state index is 16.3. The van der Waals surface area contributed by atoms with Crippen molar-refractivity contribution in [3.63, 3.8) is 0 Å². The van der Waals surface area contributed by atoms with Crippen LogP contribution in [-0.4, -0.2) is 31.4 Å². The van der Waals surface area contributed by atoms with Gasteiger partial charge in [-0.05, 0) is 36.5 Å². The highest BCUT2D eigenvalue weighted by Gasteiger charge is 2.63. The number of benzene rings is 2. The number of hydrogen-bond acceptors (Lipinski definition) is 4. The van der Waals surface area contributed by atoms with E-state index < -0.39 is 44.4 Å². The van der Waals surface area contributed by atoms with E-state index in [-0.39, 0.29) is 11.7 Å². The number of carbonyl (C=O) groups excluding carboxylic acids is 1. The molecule has 2 aromatic carbocycles. The van der Waals surface area contributed by atoms with Crippen molar-refractivity contribution in [2.45, 2.75) is 95.7 Å². The molecule has 39 heavy (non-hydrogen) atoms. The molecule has 2 aliphatic rings. The topological polar surface area (TPSA) is 52.6 Å². The molecular weight excluding hydrogens is 526 g/mol. The Morgan fingerprint density at radius 1 is 0.872 bits per heavy atom. The molecule has 4 rings (SSSR count). The second-order valence-corrected chi connectivity index (χ2v) is 20.5. The van der Waals surface area contributed by atoms with Crippen molar-refractivity contribution in [1.82, 2.24) is 0 Å². The highest BCUT2D eigenvalue weighted by Crippen LogP contribution is 2.64. The second-order valence-electron chi connectivity index (χ2n) is 12.4. The number of ketones is 1. The third kappa shape index (κ3) is 4.88. The first kappa shape index (κ1) is 29.9. The largest absolute Gasteiger partial charge is 0.410 e. The lowest BCUT2D eigenvalue weighted by Crippen LogP contribution is -2.53. The van der Waals surface area contributed by atoms with Gasteiger partial charge in [-0.3, -0.25) is 4.79 Å². The Bertz CT molecular complexity index is 1250. The fourth-order valence-corrected chi connectivity index (χ4v) is 15.7. The summed E-state index contributed by atoms with van der Waals surface area (Å²) >= 11 is 0. The SMILES string of the molecule is CC(C)[Si](O[C@@H]1C[C@@]2(OC1(C)C)C(F)=CC(=O)C=C2P(=O)(c1ccccc1)c1ccccc1)(C(C)C)C(C)C. The summed E-state index contributed by atoms with van der Waals surface area (Å²) in [5.41, 5.74) is -1.58. The molecule has 1 saturated heterocycles. The van der Waals surface area contributed by atoms with Crippen LogP contribution in [0.1, 0.15) is 61.8 Å². The minimum absolute atomic E-state index is 0.145. The van der Waals surface area contributed by atoms with E-state index in [0.717, 1.165) is 6.08 Å². The average molecular weight is 569 g/mol. The molecule has 0 unspecified atom stereocenters. The summed E-state index contributed by atoms with van der Waals surface area (Å²) in [6, 6.07) is 18.1. The first-order chi connectivity index (χ1) is 18.2. The lowest BCUT2D eigenvalue weighted by Gasteiger charge is -2.46. The number of ether oxygens (including phenoxy) is 1. The minimum Gasteiger partial charge on any atom is -0.410 e. The van der Waals surface area contributed by atoms with Gasteiger partial charge in [0.2, 0.25) is 8.32 Å². The van der Waals surface area contributed by atoms with Crippen LogP contribution in [0.4, 0.5) is 4.39 Å². The van der Waals surface area contributed by atoms with E-state index in [1.165, 1.54) is 6.08 Å². The van der Waals surface area contributed by atoms with Gasteiger partial charge >= 0.3 is 0 Å². The van der Waals surface area contributed by atoms with Crippen molar-refractivity contribution in [1.29, 1.82) is 0 Å². The molecule has 210 valence electrons. The zero-order chi connectivity index (χ0) is 28.8. The van der Waals surface area contributed by atoms with Crippen LogP contribution in [0.2, 0.25) is 16.6 Å². The highest BCUT2D eigenvalue weighted by molar-refractivity contribution is 7.82. The predicted octanol–water partition coefficient (Wildman–Crippen LogP) is 7.82. The molecule has 1 heterocycles. The summed E-state index contributed by atoms with van der Waals surface area (Å²) in [5.74, 6) is -1.23. The average Bonchev–Trinajstić information content (AvgIpc) is 3.15. The van der Waals surface area contributed by atoms with Crippen LogP contribution in [-0.2, 0) is 18.5 Å². The first-order valence-corrected chi connectivity index (χ1v) is 17.8. The maximum atomic E-state index is 16.3. The molecule has 1 spiro atoms. The van der Waals surface area contributed by atoms with Gasteiger partial charge in [0, 0.05) is 28.4 Å². The van der Waals surface area contributed by atoms with Crippen LogP contribution >= 0.6 is 7.14 Å². The van der Waals surface area contributed by atoms with Crippen LogP contribution in [0, 0.1) is 0 Å². The summed E-state index contributed by atoms with van der Waals surface area (Å²) in [6.07, 6.45) is 2.03. The summed E-state index contributed by atoms with van der Waals surface area (Å²) in [4.78, 5) is 12.9. The lowest BCUT2D eigenvalue weighted by molar-refractivity contribution is -0.112. The zero-order valence-corrected chi connectivity index (χ0v) is 26.3. The van der Waals surface area contributed by atoms with E-state index in [2.05, 4.69) is 41.5 Å². The van der Waals surface area contributed by atoms with Crippen LogP contribution in [0.15, 0.2) is 84.0 Å². The van der Waals surface area contributed by atoms with Crippen LogP contribution < -0.4 is 10.6 Å². The van der Waals surface area contributed by atoms with Gasteiger partial charge < -0.3 is 13.7 Å². The van der Waals surface area contributed by atoms with Gasteiger partial charge in [-0.25, -0.2) is 4.39 Å².